The fraction of sp³-hybridized carbons (Fsp3) is 0.650. The highest BCUT2D eigenvalue weighted by atomic mass is 35.5. The van der Waals surface area contributed by atoms with Crippen LogP contribution in [0.4, 0.5) is 9.18 Å². The monoisotopic (exact) mass is 400 g/mol. The highest BCUT2D eigenvalue weighted by molar-refractivity contribution is 6.33. The molecule has 2 aliphatic rings. The summed E-state index contributed by atoms with van der Waals surface area (Å²) in [7, 11) is 0. The molecule has 1 unspecified atom stereocenters. The molecular formula is C20H30ClFN2O3. The minimum Gasteiger partial charge on any atom is -0.490 e. The van der Waals surface area contributed by atoms with Gasteiger partial charge in [0.1, 0.15) is 23.8 Å². The summed E-state index contributed by atoms with van der Waals surface area (Å²) >= 11 is 6.27. The van der Waals surface area contributed by atoms with Crippen LogP contribution in [-0.2, 0) is 11.3 Å². The molecule has 1 saturated heterocycles. The number of ether oxygens (including phenoxy) is 2. The summed E-state index contributed by atoms with van der Waals surface area (Å²) < 4.78 is 25.4. The number of piperazine rings is 1. The first-order chi connectivity index (χ1) is 12.7. The first-order valence-corrected chi connectivity index (χ1v) is 9.86. The molecule has 0 saturated carbocycles. The van der Waals surface area contributed by atoms with Gasteiger partial charge in [0.2, 0.25) is 0 Å². The smallest absolute Gasteiger partial charge is 0.410 e. The molecule has 1 atom stereocenters. The molecule has 27 heavy (non-hydrogen) atoms. The van der Waals surface area contributed by atoms with Crippen molar-refractivity contribution in [3.8, 4) is 5.75 Å². The molecule has 2 aliphatic heterocycles. The summed E-state index contributed by atoms with van der Waals surface area (Å²) in [6.45, 7) is 13.9. The molecule has 0 spiro atoms. The van der Waals surface area contributed by atoms with E-state index in [1.165, 1.54) is 6.07 Å². The van der Waals surface area contributed by atoms with Crippen molar-refractivity contribution < 1.29 is 18.7 Å². The molecule has 152 valence electrons. The van der Waals surface area contributed by atoms with Crippen LogP contribution in [0.3, 0.4) is 0 Å². The van der Waals surface area contributed by atoms with Gasteiger partial charge in [0.15, 0.2) is 0 Å². The van der Waals surface area contributed by atoms with Crippen LogP contribution in [0.2, 0.25) is 5.02 Å². The van der Waals surface area contributed by atoms with Crippen LogP contribution in [0.25, 0.3) is 0 Å². The lowest BCUT2D eigenvalue weighted by Gasteiger charge is -2.40. The first-order valence-electron chi connectivity index (χ1n) is 9.48. The molecule has 1 fully saturated rings. The largest absolute Gasteiger partial charge is 0.490 e. The summed E-state index contributed by atoms with van der Waals surface area (Å²) in [5.74, 6) is 0.233. The Kier molecular flexibility index (Phi) is 6.98. The molecule has 0 bridgehead atoms. The lowest BCUT2D eigenvalue weighted by molar-refractivity contribution is -0.00154. The second-order valence-electron chi connectivity index (χ2n) is 7.65. The van der Waals surface area contributed by atoms with Crippen molar-refractivity contribution in [2.75, 3.05) is 26.2 Å². The highest BCUT2D eigenvalue weighted by Crippen LogP contribution is 2.37. The number of hydrogen-bond acceptors (Lipinski definition) is 4. The van der Waals surface area contributed by atoms with Gasteiger partial charge in [0.05, 0.1) is 11.1 Å². The van der Waals surface area contributed by atoms with Gasteiger partial charge >= 0.3 is 6.09 Å². The van der Waals surface area contributed by atoms with Crippen molar-refractivity contribution in [2.24, 2.45) is 0 Å². The minimum atomic E-state index is -0.521. The van der Waals surface area contributed by atoms with Crippen LogP contribution in [0.1, 0.15) is 45.7 Å². The molecule has 1 aromatic rings. The molecule has 1 aromatic carbocycles. The van der Waals surface area contributed by atoms with Crippen molar-refractivity contribution in [1.82, 2.24) is 9.80 Å². The number of benzene rings is 1. The van der Waals surface area contributed by atoms with Crippen LogP contribution >= 0.6 is 11.6 Å². The lowest BCUT2D eigenvalue weighted by atomic mass is 10.1. The van der Waals surface area contributed by atoms with E-state index in [1.54, 1.807) is 11.8 Å². The van der Waals surface area contributed by atoms with Crippen molar-refractivity contribution >= 4 is 17.7 Å². The molecule has 0 radical (unpaired) electrons. The summed E-state index contributed by atoms with van der Waals surface area (Å²) in [4.78, 5) is 16.2. The minimum absolute atomic E-state index is 0.0214. The van der Waals surface area contributed by atoms with Gasteiger partial charge < -0.3 is 14.4 Å². The van der Waals surface area contributed by atoms with Crippen LogP contribution in [0.15, 0.2) is 6.07 Å². The van der Waals surface area contributed by atoms with Crippen LogP contribution in [0, 0.1) is 12.7 Å². The predicted octanol–water partition coefficient (Wildman–Crippen LogP) is 4.63. The fourth-order valence-electron chi connectivity index (χ4n) is 3.17. The van der Waals surface area contributed by atoms with Crippen molar-refractivity contribution in [3.05, 3.63) is 28.0 Å². The molecular weight excluding hydrogens is 371 g/mol. The SMILES string of the molecule is CC.Cc1c(F)cc2c(c1Cl)OCC1CN(C(=O)OC(C)(C)C)CCN1C2. The van der Waals surface area contributed by atoms with E-state index in [4.69, 9.17) is 21.1 Å². The molecule has 1 amide bonds. The normalized spacial score (nSPS) is 19.7. The van der Waals surface area contributed by atoms with Gasteiger partial charge in [0.25, 0.3) is 0 Å². The van der Waals surface area contributed by atoms with Gasteiger partial charge in [-0.05, 0) is 33.8 Å². The zero-order valence-electron chi connectivity index (χ0n) is 17.1. The maximum absolute atomic E-state index is 14.0. The van der Waals surface area contributed by atoms with E-state index in [2.05, 4.69) is 4.90 Å². The zero-order valence-corrected chi connectivity index (χ0v) is 17.8. The van der Waals surface area contributed by atoms with E-state index in [1.807, 2.05) is 34.6 Å². The van der Waals surface area contributed by atoms with E-state index in [0.717, 1.165) is 5.56 Å². The molecule has 5 nitrogen and oxygen atoms in total. The fourth-order valence-corrected chi connectivity index (χ4v) is 3.43. The summed E-state index contributed by atoms with van der Waals surface area (Å²) in [6.07, 6.45) is -0.311. The number of rotatable bonds is 0. The third kappa shape index (κ3) is 5.05. The standard InChI is InChI=1S/C18H24ClFN2O3.C2H6/c1-11-14(20)7-12-8-21-5-6-22(17(23)25-18(2,3)4)9-13(21)10-24-16(12)15(11)19;1-2/h7,13H,5-6,8-10H2,1-4H3;1-2H3. The molecule has 7 heteroatoms. The van der Waals surface area contributed by atoms with Crippen LogP contribution < -0.4 is 4.74 Å². The van der Waals surface area contributed by atoms with Gasteiger partial charge in [-0.2, -0.15) is 0 Å². The van der Waals surface area contributed by atoms with E-state index in [9.17, 15) is 9.18 Å². The van der Waals surface area contributed by atoms with Crippen LogP contribution in [0.5, 0.6) is 5.75 Å². The van der Waals surface area contributed by atoms with Gasteiger partial charge in [-0.1, -0.05) is 25.4 Å². The van der Waals surface area contributed by atoms with E-state index in [-0.39, 0.29) is 18.0 Å². The third-order valence-corrected chi connectivity index (χ3v) is 4.98. The van der Waals surface area contributed by atoms with Crippen molar-refractivity contribution in [2.45, 2.75) is 59.7 Å². The Balaban J connectivity index is 0.00000126. The number of halogens is 2. The predicted molar refractivity (Wildman–Crippen MR) is 105 cm³/mol. The molecule has 0 aliphatic carbocycles. The van der Waals surface area contributed by atoms with Gasteiger partial charge in [-0.3, -0.25) is 4.90 Å². The number of nitrogens with zero attached hydrogens (tertiary/aromatic N) is 2. The summed E-state index contributed by atoms with van der Waals surface area (Å²) in [6, 6.07) is 1.52. The maximum Gasteiger partial charge on any atom is 0.410 e. The van der Waals surface area contributed by atoms with E-state index in [0.29, 0.717) is 49.1 Å². The van der Waals surface area contributed by atoms with E-state index < -0.39 is 5.60 Å². The quantitative estimate of drug-likeness (QED) is 0.636. The number of hydrogen-bond donors (Lipinski definition) is 0. The molecule has 0 N–H and O–H groups in total. The highest BCUT2D eigenvalue weighted by Gasteiger charge is 2.35. The number of carbonyl (C=O) groups excluding carboxylic acids is 1. The molecule has 2 heterocycles. The summed E-state index contributed by atoms with van der Waals surface area (Å²) in [5.41, 5.74) is 0.629. The number of fused-ring (bicyclic) bond motifs is 2. The van der Waals surface area contributed by atoms with Crippen molar-refractivity contribution in [3.63, 3.8) is 0 Å². The average molecular weight is 401 g/mol. The number of amides is 1. The van der Waals surface area contributed by atoms with Gasteiger partial charge in [-0.15, -0.1) is 0 Å². The second kappa shape index (κ2) is 8.65. The Morgan fingerprint density at radius 2 is 2.00 bits per heavy atom. The Labute approximate surface area is 166 Å². The van der Waals surface area contributed by atoms with E-state index >= 15 is 0 Å². The average Bonchev–Trinajstić information content (AvgIpc) is 2.78. The first kappa shape index (κ1) is 21.8. The topological polar surface area (TPSA) is 42.0 Å². The van der Waals surface area contributed by atoms with Gasteiger partial charge in [-0.25, -0.2) is 9.18 Å². The number of carbonyl (C=O) groups is 1. The molecule has 0 aromatic heterocycles. The Morgan fingerprint density at radius 1 is 1.33 bits per heavy atom. The Bertz CT molecular complexity index is 691. The Morgan fingerprint density at radius 3 is 2.63 bits per heavy atom. The second-order valence-corrected chi connectivity index (χ2v) is 8.03. The zero-order chi connectivity index (χ0) is 20.4. The lowest BCUT2D eigenvalue weighted by Crippen LogP contribution is -2.56. The van der Waals surface area contributed by atoms with Crippen LogP contribution in [-0.4, -0.2) is 53.8 Å². The summed E-state index contributed by atoms with van der Waals surface area (Å²) in [5, 5.41) is 0.332. The van der Waals surface area contributed by atoms with Crippen molar-refractivity contribution in [1.29, 1.82) is 0 Å². The Hall–Kier alpha value is -1.53. The third-order valence-electron chi connectivity index (χ3n) is 4.53. The van der Waals surface area contributed by atoms with Gasteiger partial charge in [0, 0.05) is 37.3 Å². The maximum atomic E-state index is 14.0. The molecule has 3 rings (SSSR count).